The van der Waals surface area contributed by atoms with Crippen LogP contribution in [0, 0.1) is 0 Å². The third-order valence-electron chi connectivity index (χ3n) is 3.61. The molecule has 7 nitrogen and oxygen atoms in total. The Bertz CT molecular complexity index is 468. The lowest BCUT2D eigenvalue weighted by molar-refractivity contribution is -0.109. The van der Waals surface area contributed by atoms with E-state index >= 15 is 0 Å². The van der Waals surface area contributed by atoms with Gasteiger partial charge in [0.15, 0.2) is 0 Å². The lowest BCUT2D eigenvalue weighted by Crippen LogP contribution is -2.57. The fourth-order valence-corrected chi connectivity index (χ4v) is 2.50. The van der Waals surface area contributed by atoms with Crippen molar-refractivity contribution in [3.63, 3.8) is 0 Å². The molecule has 1 aliphatic rings. The molecule has 2 amide bonds. The van der Waals surface area contributed by atoms with E-state index in [4.69, 9.17) is 9.47 Å². The van der Waals surface area contributed by atoms with E-state index in [1.54, 1.807) is 25.7 Å². The van der Waals surface area contributed by atoms with Crippen LogP contribution in [0.2, 0.25) is 0 Å². The zero-order valence-corrected chi connectivity index (χ0v) is 15.6. The van der Waals surface area contributed by atoms with Gasteiger partial charge in [0, 0.05) is 19.5 Å². The first-order chi connectivity index (χ1) is 10.9. The maximum absolute atomic E-state index is 12.1. The van der Waals surface area contributed by atoms with E-state index < -0.39 is 22.8 Å². The van der Waals surface area contributed by atoms with Crippen LogP contribution in [0.4, 0.5) is 9.59 Å². The number of hydrogen-bond donors (Lipinski definition) is 1. The number of carbonyl (C=O) groups is 3. The second kappa shape index (κ2) is 7.40. The number of likely N-dealkylation sites (tertiary alicyclic amines) is 1. The van der Waals surface area contributed by atoms with Crippen LogP contribution in [-0.2, 0) is 14.3 Å². The van der Waals surface area contributed by atoms with E-state index in [9.17, 15) is 14.4 Å². The standard InChI is InChI=1S/C17H30N2O5/c1-15(2,3)23-13(21)18-17(9-12-20)7-10-19(11-8-17)14(22)24-16(4,5)6/h12H,7-11H2,1-6H3,(H,18,21). The molecule has 1 aliphatic heterocycles. The van der Waals surface area contributed by atoms with Crippen LogP contribution in [0.1, 0.15) is 60.8 Å². The molecule has 0 atom stereocenters. The fraction of sp³-hybridized carbons (Fsp3) is 0.824. The molecule has 0 unspecified atom stereocenters. The number of rotatable bonds is 3. The van der Waals surface area contributed by atoms with Crippen molar-refractivity contribution in [1.29, 1.82) is 0 Å². The van der Waals surface area contributed by atoms with Crippen molar-refractivity contribution in [2.45, 2.75) is 77.5 Å². The summed E-state index contributed by atoms with van der Waals surface area (Å²) in [5.74, 6) is 0. The van der Waals surface area contributed by atoms with Gasteiger partial charge >= 0.3 is 12.2 Å². The van der Waals surface area contributed by atoms with Crippen molar-refractivity contribution in [2.75, 3.05) is 13.1 Å². The lowest BCUT2D eigenvalue weighted by atomic mass is 9.85. The largest absolute Gasteiger partial charge is 0.444 e. The molecule has 0 saturated carbocycles. The Morgan fingerprint density at radius 3 is 1.96 bits per heavy atom. The third kappa shape index (κ3) is 6.76. The molecule has 1 N–H and O–H groups in total. The number of nitrogens with zero attached hydrogens (tertiary/aromatic N) is 1. The molecule has 1 fully saturated rings. The second-order valence-corrected chi connectivity index (χ2v) is 8.25. The Hall–Kier alpha value is -1.79. The number of alkyl carbamates (subject to hydrolysis) is 1. The summed E-state index contributed by atoms with van der Waals surface area (Å²) in [6.07, 6.45) is 1.01. The summed E-state index contributed by atoms with van der Waals surface area (Å²) in [5.41, 5.74) is -1.84. The highest BCUT2D eigenvalue weighted by atomic mass is 16.6. The van der Waals surface area contributed by atoms with Crippen molar-refractivity contribution < 1.29 is 23.9 Å². The summed E-state index contributed by atoms with van der Waals surface area (Å²) in [7, 11) is 0. The number of carbonyl (C=O) groups excluding carboxylic acids is 3. The lowest BCUT2D eigenvalue weighted by Gasteiger charge is -2.41. The molecule has 0 bridgehead atoms. The predicted octanol–water partition coefficient (Wildman–Crippen LogP) is 2.87. The minimum Gasteiger partial charge on any atom is -0.444 e. The summed E-state index contributed by atoms with van der Waals surface area (Å²) in [5, 5.41) is 2.83. The van der Waals surface area contributed by atoms with Crippen LogP contribution in [-0.4, -0.2) is 53.2 Å². The van der Waals surface area contributed by atoms with Gasteiger partial charge in [-0.2, -0.15) is 0 Å². The van der Waals surface area contributed by atoms with Crippen LogP contribution < -0.4 is 5.32 Å². The summed E-state index contributed by atoms with van der Waals surface area (Å²) >= 11 is 0. The van der Waals surface area contributed by atoms with E-state index in [0.29, 0.717) is 25.9 Å². The SMILES string of the molecule is CC(C)(C)OC(=O)NC1(CC=O)CCN(C(=O)OC(C)(C)C)CC1. The Labute approximate surface area is 144 Å². The van der Waals surface area contributed by atoms with Crippen molar-refractivity contribution in [1.82, 2.24) is 10.2 Å². The Morgan fingerprint density at radius 2 is 1.54 bits per heavy atom. The smallest absolute Gasteiger partial charge is 0.410 e. The molecule has 0 radical (unpaired) electrons. The number of hydrogen-bond acceptors (Lipinski definition) is 5. The zero-order chi connectivity index (χ0) is 18.6. The number of nitrogens with one attached hydrogen (secondary N) is 1. The number of amides is 2. The first-order valence-corrected chi connectivity index (χ1v) is 8.29. The maximum Gasteiger partial charge on any atom is 0.410 e. The van der Waals surface area contributed by atoms with Crippen molar-refractivity contribution in [3.8, 4) is 0 Å². The number of aldehydes is 1. The van der Waals surface area contributed by atoms with Gasteiger partial charge in [-0.05, 0) is 54.4 Å². The van der Waals surface area contributed by atoms with Crippen LogP contribution in [0.5, 0.6) is 0 Å². The summed E-state index contributed by atoms with van der Waals surface area (Å²) < 4.78 is 10.6. The Morgan fingerprint density at radius 1 is 1.04 bits per heavy atom. The average molecular weight is 342 g/mol. The van der Waals surface area contributed by atoms with E-state index in [2.05, 4.69) is 5.32 Å². The average Bonchev–Trinajstić information content (AvgIpc) is 2.35. The summed E-state index contributed by atoms with van der Waals surface area (Å²) in [6, 6.07) is 0. The topological polar surface area (TPSA) is 84.9 Å². The minimum absolute atomic E-state index is 0.189. The molecule has 1 rings (SSSR count). The van der Waals surface area contributed by atoms with Crippen LogP contribution in [0.25, 0.3) is 0 Å². The van der Waals surface area contributed by atoms with Gasteiger partial charge in [-0.15, -0.1) is 0 Å². The molecular weight excluding hydrogens is 312 g/mol. The molecule has 138 valence electrons. The van der Waals surface area contributed by atoms with Gasteiger partial charge in [-0.1, -0.05) is 0 Å². The highest BCUT2D eigenvalue weighted by Gasteiger charge is 2.39. The Balaban J connectivity index is 2.68. The first-order valence-electron chi connectivity index (χ1n) is 8.29. The highest BCUT2D eigenvalue weighted by molar-refractivity contribution is 5.71. The van der Waals surface area contributed by atoms with Crippen molar-refractivity contribution in [3.05, 3.63) is 0 Å². The van der Waals surface area contributed by atoms with Gasteiger partial charge in [0.2, 0.25) is 0 Å². The monoisotopic (exact) mass is 342 g/mol. The molecule has 7 heteroatoms. The maximum atomic E-state index is 12.1. The van der Waals surface area contributed by atoms with Gasteiger partial charge in [0.25, 0.3) is 0 Å². The summed E-state index contributed by atoms with van der Waals surface area (Å²) in [6.45, 7) is 11.6. The first kappa shape index (κ1) is 20.3. The molecule has 0 spiro atoms. The van der Waals surface area contributed by atoms with Gasteiger partial charge in [0.1, 0.15) is 17.5 Å². The van der Waals surface area contributed by atoms with E-state index in [-0.39, 0.29) is 12.5 Å². The second-order valence-electron chi connectivity index (χ2n) is 8.25. The van der Waals surface area contributed by atoms with Crippen molar-refractivity contribution >= 4 is 18.5 Å². The van der Waals surface area contributed by atoms with Gasteiger partial charge in [-0.25, -0.2) is 9.59 Å². The fourth-order valence-electron chi connectivity index (χ4n) is 2.50. The van der Waals surface area contributed by atoms with Crippen LogP contribution in [0.3, 0.4) is 0 Å². The molecule has 0 aromatic carbocycles. The van der Waals surface area contributed by atoms with Gasteiger partial charge in [-0.3, -0.25) is 0 Å². The van der Waals surface area contributed by atoms with Crippen LogP contribution in [0.15, 0.2) is 0 Å². The Kier molecular flexibility index (Phi) is 6.25. The quantitative estimate of drug-likeness (QED) is 0.797. The molecule has 1 saturated heterocycles. The molecular formula is C17H30N2O5. The van der Waals surface area contributed by atoms with E-state index in [0.717, 1.165) is 6.29 Å². The van der Waals surface area contributed by atoms with Gasteiger partial charge in [0.05, 0.1) is 5.54 Å². The molecule has 24 heavy (non-hydrogen) atoms. The van der Waals surface area contributed by atoms with Gasteiger partial charge < -0.3 is 24.5 Å². The third-order valence-corrected chi connectivity index (χ3v) is 3.61. The molecule has 0 aromatic rings. The minimum atomic E-state index is -0.678. The van der Waals surface area contributed by atoms with Crippen molar-refractivity contribution in [2.24, 2.45) is 0 Å². The highest BCUT2D eigenvalue weighted by Crippen LogP contribution is 2.27. The van der Waals surface area contributed by atoms with Crippen LogP contribution >= 0.6 is 0 Å². The predicted molar refractivity (Wildman–Crippen MR) is 89.8 cm³/mol. The molecule has 0 aliphatic carbocycles. The molecule has 1 heterocycles. The molecule has 0 aromatic heterocycles. The van der Waals surface area contributed by atoms with E-state index in [1.165, 1.54) is 0 Å². The number of piperidine rings is 1. The zero-order valence-electron chi connectivity index (χ0n) is 15.6. The normalized spacial score (nSPS) is 17.8. The summed E-state index contributed by atoms with van der Waals surface area (Å²) in [4.78, 5) is 36.8. The number of ether oxygens (including phenoxy) is 2. The van der Waals surface area contributed by atoms with E-state index in [1.807, 2.05) is 20.8 Å².